The van der Waals surface area contributed by atoms with Crippen LogP contribution in [0.4, 0.5) is 11.5 Å². The standard InChI is InChI=1S/C22H24N4OS2/c1-13-6-11-17(14(2)12-13)24-21(27)18-20(23-3)25-19(26-22(18)29-5)15-7-9-16(28-4)10-8-15/h6-12H,1-5H3,(H,24,27)(H,23,25,26). The number of nitrogens with zero attached hydrogens (tertiary/aromatic N) is 2. The Balaban J connectivity index is 2.00. The molecule has 150 valence electrons. The summed E-state index contributed by atoms with van der Waals surface area (Å²) in [6, 6.07) is 14.0. The summed E-state index contributed by atoms with van der Waals surface area (Å²) in [5.74, 6) is 0.875. The monoisotopic (exact) mass is 424 g/mol. The number of benzene rings is 2. The van der Waals surface area contributed by atoms with Crippen molar-refractivity contribution in [3.8, 4) is 11.4 Å². The number of carbonyl (C=O) groups is 1. The zero-order chi connectivity index (χ0) is 21.0. The van der Waals surface area contributed by atoms with E-state index < -0.39 is 0 Å². The zero-order valence-electron chi connectivity index (χ0n) is 17.2. The first kappa shape index (κ1) is 21.2. The van der Waals surface area contributed by atoms with E-state index in [1.165, 1.54) is 16.7 Å². The van der Waals surface area contributed by atoms with Crippen LogP contribution in [0.5, 0.6) is 0 Å². The SMILES string of the molecule is CNc1nc(-c2ccc(SC)cc2)nc(SC)c1C(=O)Nc1ccc(C)cc1C. The van der Waals surface area contributed by atoms with Gasteiger partial charge in [0.15, 0.2) is 5.82 Å². The first-order valence-electron chi connectivity index (χ1n) is 9.13. The van der Waals surface area contributed by atoms with Gasteiger partial charge in [0.05, 0.1) is 0 Å². The number of aromatic nitrogens is 2. The summed E-state index contributed by atoms with van der Waals surface area (Å²) < 4.78 is 0. The van der Waals surface area contributed by atoms with E-state index in [4.69, 9.17) is 0 Å². The Bertz CT molecular complexity index is 1010. The molecule has 7 heteroatoms. The van der Waals surface area contributed by atoms with Gasteiger partial charge in [-0.15, -0.1) is 23.5 Å². The lowest BCUT2D eigenvalue weighted by atomic mass is 10.1. The van der Waals surface area contributed by atoms with Crippen LogP contribution in [0, 0.1) is 13.8 Å². The predicted octanol–water partition coefficient (Wildman–Crippen LogP) is 5.50. The number of thioether (sulfide) groups is 2. The van der Waals surface area contributed by atoms with Crippen molar-refractivity contribution in [2.75, 3.05) is 30.2 Å². The van der Waals surface area contributed by atoms with Crippen LogP contribution in [-0.4, -0.2) is 35.4 Å². The maximum atomic E-state index is 13.1. The molecule has 1 aromatic heterocycles. The first-order valence-corrected chi connectivity index (χ1v) is 11.6. The van der Waals surface area contributed by atoms with E-state index in [9.17, 15) is 4.79 Å². The van der Waals surface area contributed by atoms with E-state index in [-0.39, 0.29) is 5.91 Å². The molecule has 0 fully saturated rings. The Kier molecular flexibility index (Phi) is 6.82. The van der Waals surface area contributed by atoms with E-state index in [2.05, 4.69) is 20.6 Å². The number of hydrogen-bond acceptors (Lipinski definition) is 6. The van der Waals surface area contributed by atoms with Crippen LogP contribution in [0.15, 0.2) is 52.4 Å². The lowest BCUT2D eigenvalue weighted by Gasteiger charge is -2.15. The quantitative estimate of drug-likeness (QED) is 0.402. The smallest absolute Gasteiger partial charge is 0.262 e. The van der Waals surface area contributed by atoms with E-state index in [0.29, 0.717) is 22.2 Å². The van der Waals surface area contributed by atoms with Crippen LogP contribution in [0.2, 0.25) is 0 Å². The van der Waals surface area contributed by atoms with E-state index in [1.807, 2.05) is 68.8 Å². The van der Waals surface area contributed by atoms with Crippen LogP contribution < -0.4 is 10.6 Å². The first-order chi connectivity index (χ1) is 14.0. The molecule has 0 saturated carbocycles. The molecule has 5 nitrogen and oxygen atoms in total. The number of amides is 1. The minimum Gasteiger partial charge on any atom is -0.372 e. The summed E-state index contributed by atoms with van der Waals surface area (Å²) in [5, 5.41) is 6.70. The molecular formula is C22H24N4OS2. The number of carbonyl (C=O) groups excluding carboxylic acids is 1. The fourth-order valence-electron chi connectivity index (χ4n) is 2.98. The molecule has 0 spiro atoms. The van der Waals surface area contributed by atoms with E-state index in [1.54, 1.807) is 18.8 Å². The average molecular weight is 425 g/mol. The average Bonchev–Trinajstić information content (AvgIpc) is 2.74. The number of anilines is 2. The largest absolute Gasteiger partial charge is 0.372 e. The van der Waals surface area contributed by atoms with Gasteiger partial charge in [0, 0.05) is 23.2 Å². The van der Waals surface area contributed by atoms with Crippen molar-refractivity contribution in [3.05, 3.63) is 59.2 Å². The minimum atomic E-state index is -0.227. The second-order valence-electron chi connectivity index (χ2n) is 6.53. The molecule has 0 bridgehead atoms. The van der Waals surface area contributed by atoms with Gasteiger partial charge < -0.3 is 10.6 Å². The maximum absolute atomic E-state index is 13.1. The number of aryl methyl sites for hydroxylation is 2. The highest BCUT2D eigenvalue weighted by molar-refractivity contribution is 7.98. The molecule has 3 rings (SSSR count). The van der Waals surface area contributed by atoms with Crippen molar-refractivity contribution >= 4 is 40.9 Å². The van der Waals surface area contributed by atoms with Crippen molar-refractivity contribution < 1.29 is 4.79 Å². The molecule has 0 aliphatic rings. The van der Waals surface area contributed by atoms with Gasteiger partial charge in [-0.1, -0.05) is 29.8 Å². The van der Waals surface area contributed by atoms with Gasteiger partial charge in [-0.25, -0.2) is 9.97 Å². The molecule has 0 aliphatic carbocycles. The van der Waals surface area contributed by atoms with E-state index >= 15 is 0 Å². The number of rotatable bonds is 6. The molecule has 0 radical (unpaired) electrons. The number of hydrogen-bond donors (Lipinski definition) is 2. The molecule has 2 aromatic carbocycles. The molecule has 0 atom stereocenters. The Morgan fingerprint density at radius 2 is 1.69 bits per heavy atom. The van der Waals surface area contributed by atoms with Crippen molar-refractivity contribution in [2.24, 2.45) is 0 Å². The van der Waals surface area contributed by atoms with Crippen LogP contribution in [0.25, 0.3) is 11.4 Å². The Morgan fingerprint density at radius 1 is 0.966 bits per heavy atom. The number of nitrogens with one attached hydrogen (secondary N) is 2. The molecule has 0 saturated heterocycles. The van der Waals surface area contributed by atoms with E-state index in [0.717, 1.165) is 22.4 Å². The second-order valence-corrected chi connectivity index (χ2v) is 8.21. The van der Waals surface area contributed by atoms with Gasteiger partial charge in [-0.3, -0.25) is 4.79 Å². The second kappa shape index (κ2) is 9.33. The van der Waals surface area contributed by atoms with Crippen molar-refractivity contribution in [1.29, 1.82) is 0 Å². The summed E-state index contributed by atoms with van der Waals surface area (Å²) in [5.41, 5.74) is 4.31. The highest BCUT2D eigenvalue weighted by Gasteiger charge is 2.21. The normalized spacial score (nSPS) is 10.7. The Morgan fingerprint density at radius 3 is 2.28 bits per heavy atom. The summed E-state index contributed by atoms with van der Waals surface area (Å²) in [6.45, 7) is 4.01. The zero-order valence-corrected chi connectivity index (χ0v) is 18.8. The summed E-state index contributed by atoms with van der Waals surface area (Å²) >= 11 is 3.12. The molecule has 29 heavy (non-hydrogen) atoms. The third-order valence-electron chi connectivity index (χ3n) is 4.51. The van der Waals surface area contributed by atoms with Gasteiger partial charge >= 0.3 is 0 Å². The maximum Gasteiger partial charge on any atom is 0.262 e. The minimum absolute atomic E-state index is 0.227. The molecule has 0 unspecified atom stereocenters. The lowest BCUT2D eigenvalue weighted by molar-refractivity contribution is 0.102. The summed E-state index contributed by atoms with van der Waals surface area (Å²) in [4.78, 5) is 23.6. The van der Waals surface area contributed by atoms with Gasteiger partial charge in [-0.2, -0.15) is 0 Å². The fraction of sp³-hybridized carbons (Fsp3) is 0.227. The van der Waals surface area contributed by atoms with Crippen molar-refractivity contribution in [3.63, 3.8) is 0 Å². The van der Waals surface area contributed by atoms with Crippen LogP contribution in [0.1, 0.15) is 21.5 Å². The van der Waals surface area contributed by atoms with Crippen molar-refractivity contribution in [1.82, 2.24) is 9.97 Å². The van der Waals surface area contributed by atoms with Crippen LogP contribution in [-0.2, 0) is 0 Å². The topological polar surface area (TPSA) is 66.9 Å². The third-order valence-corrected chi connectivity index (χ3v) is 5.94. The Hall–Kier alpha value is -2.51. The third kappa shape index (κ3) is 4.74. The fourth-order valence-corrected chi connectivity index (χ4v) is 3.96. The van der Waals surface area contributed by atoms with Crippen LogP contribution in [0.3, 0.4) is 0 Å². The highest BCUT2D eigenvalue weighted by Crippen LogP contribution is 2.30. The lowest BCUT2D eigenvalue weighted by Crippen LogP contribution is -2.18. The molecule has 1 amide bonds. The Labute approximate surface area is 180 Å². The van der Waals surface area contributed by atoms with Crippen molar-refractivity contribution in [2.45, 2.75) is 23.8 Å². The molecule has 1 heterocycles. The summed E-state index contributed by atoms with van der Waals surface area (Å²) in [7, 11) is 1.76. The van der Waals surface area contributed by atoms with Gasteiger partial charge in [0.25, 0.3) is 5.91 Å². The van der Waals surface area contributed by atoms with Gasteiger partial charge in [0.1, 0.15) is 16.4 Å². The van der Waals surface area contributed by atoms with Gasteiger partial charge in [-0.05, 0) is 50.1 Å². The predicted molar refractivity (Wildman–Crippen MR) is 124 cm³/mol. The molecule has 3 aromatic rings. The highest BCUT2D eigenvalue weighted by atomic mass is 32.2. The molecular weight excluding hydrogens is 400 g/mol. The van der Waals surface area contributed by atoms with Crippen LogP contribution >= 0.6 is 23.5 Å². The molecule has 0 aliphatic heterocycles. The van der Waals surface area contributed by atoms with Gasteiger partial charge in [0.2, 0.25) is 0 Å². The summed E-state index contributed by atoms with van der Waals surface area (Å²) in [6.07, 6.45) is 3.95. The molecule has 2 N–H and O–H groups in total.